The minimum absolute atomic E-state index is 0.0732. The van der Waals surface area contributed by atoms with Crippen LogP contribution in [0.3, 0.4) is 0 Å². The molecule has 0 aromatic carbocycles. The van der Waals surface area contributed by atoms with E-state index >= 15 is 0 Å². The van der Waals surface area contributed by atoms with Crippen molar-refractivity contribution < 1.29 is 32.4 Å². The van der Waals surface area contributed by atoms with Gasteiger partial charge in [0, 0.05) is 11.1 Å². The maximum absolute atomic E-state index is 12.1. The minimum Gasteiger partial charge on any atom is -0.466 e. The summed E-state index contributed by atoms with van der Waals surface area (Å²) in [7, 11) is 0. The molecule has 1 aromatic rings. The maximum Gasteiger partial charge on any atom is 0.575 e. The van der Waals surface area contributed by atoms with Crippen LogP contribution in [-0.4, -0.2) is 28.8 Å². The number of hydrogen-bond acceptors (Lipinski definition) is 6. The molecule has 0 bridgehead atoms. The molecule has 10 heteroatoms. The van der Waals surface area contributed by atoms with Gasteiger partial charge in [-0.3, -0.25) is 4.79 Å². The molecule has 0 saturated carbocycles. The van der Waals surface area contributed by atoms with Gasteiger partial charge in [0.15, 0.2) is 0 Å². The molecule has 116 valence electrons. The quantitative estimate of drug-likeness (QED) is 0.471. The van der Waals surface area contributed by atoms with Gasteiger partial charge in [-0.25, -0.2) is 0 Å². The van der Waals surface area contributed by atoms with Crippen molar-refractivity contribution in [3.8, 4) is 5.88 Å². The summed E-state index contributed by atoms with van der Waals surface area (Å²) in [4.78, 5) is 24.5. The number of alkyl halides is 3. The van der Waals surface area contributed by atoms with E-state index in [-0.39, 0.29) is 17.7 Å². The van der Waals surface area contributed by atoms with Gasteiger partial charge in [0.2, 0.25) is 0 Å². The van der Waals surface area contributed by atoms with Crippen molar-refractivity contribution in [2.75, 3.05) is 6.61 Å². The fourth-order valence-electron chi connectivity index (χ4n) is 1.55. The van der Waals surface area contributed by atoms with Gasteiger partial charge >= 0.3 is 24.0 Å². The highest BCUT2D eigenvalue weighted by Crippen LogP contribution is 2.28. The third kappa shape index (κ3) is 4.89. The summed E-state index contributed by atoms with van der Waals surface area (Å²) in [6.45, 7) is 2.94. The van der Waals surface area contributed by atoms with Gasteiger partial charge in [-0.2, -0.15) is 0 Å². The lowest BCUT2D eigenvalue weighted by atomic mass is 10.1. The van der Waals surface area contributed by atoms with Crippen LogP contribution in [0, 0.1) is 17.0 Å². The Morgan fingerprint density at radius 3 is 2.57 bits per heavy atom. The van der Waals surface area contributed by atoms with Crippen LogP contribution in [0.5, 0.6) is 5.88 Å². The number of carbonyl (C=O) groups excluding carboxylic acids is 1. The minimum atomic E-state index is -5.02. The summed E-state index contributed by atoms with van der Waals surface area (Å²) in [6.07, 6.45) is -5.48. The maximum atomic E-state index is 12.1. The van der Waals surface area contributed by atoms with Gasteiger partial charge in [-0.15, -0.1) is 13.2 Å². The van der Waals surface area contributed by atoms with Crippen LogP contribution in [0.2, 0.25) is 0 Å². The first-order valence-corrected chi connectivity index (χ1v) is 5.70. The van der Waals surface area contributed by atoms with E-state index in [1.54, 1.807) is 6.92 Å². The summed E-state index contributed by atoms with van der Waals surface area (Å²) < 4.78 is 44.5. The largest absolute Gasteiger partial charge is 0.575 e. The second-order valence-corrected chi connectivity index (χ2v) is 3.87. The molecule has 0 amide bonds. The Kier molecular flexibility index (Phi) is 5.06. The molecule has 0 radical (unpaired) electrons. The van der Waals surface area contributed by atoms with Crippen LogP contribution in [-0.2, 0) is 16.0 Å². The number of carbonyl (C=O) groups is 1. The second kappa shape index (κ2) is 6.37. The highest BCUT2D eigenvalue weighted by Gasteiger charge is 2.35. The predicted octanol–water partition coefficient (Wildman–Crippen LogP) is 2.30. The van der Waals surface area contributed by atoms with E-state index in [2.05, 4.69) is 14.5 Å². The molecule has 0 aliphatic rings. The molecular formula is C11H11F3N2O5. The molecule has 0 unspecified atom stereocenters. The van der Waals surface area contributed by atoms with Crippen molar-refractivity contribution in [3.63, 3.8) is 0 Å². The van der Waals surface area contributed by atoms with Gasteiger partial charge < -0.3 is 19.6 Å². The fourth-order valence-corrected chi connectivity index (χ4v) is 1.55. The van der Waals surface area contributed by atoms with Crippen molar-refractivity contribution in [2.45, 2.75) is 26.6 Å². The van der Waals surface area contributed by atoms with Crippen molar-refractivity contribution in [1.29, 1.82) is 0 Å². The molecular weight excluding hydrogens is 297 g/mol. The molecule has 1 rings (SSSR count). The fraction of sp³-hybridized carbons (Fsp3) is 0.455. The van der Waals surface area contributed by atoms with Crippen molar-refractivity contribution >= 4 is 11.8 Å². The Morgan fingerprint density at radius 1 is 1.48 bits per heavy atom. The van der Waals surface area contributed by atoms with Crippen LogP contribution >= 0.6 is 0 Å². The van der Waals surface area contributed by atoms with E-state index in [0.29, 0.717) is 0 Å². The normalized spacial score (nSPS) is 11.1. The highest BCUT2D eigenvalue weighted by atomic mass is 19.4. The van der Waals surface area contributed by atoms with E-state index in [4.69, 9.17) is 0 Å². The number of esters is 1. The lowest BCUT2D eigenvalue weighted by Crippen LogP contribution is -2.19. The number of pyridine rings is 1. The van der Waals surface area contributed by atoms with Crippen molar-refractivity contribution in [2.24, 2.45) is 0 Å². The molecule has 0 aliphatic heterocycles. The molecule has 0 spiro atoms. The summed E-state index contributed by atoms with van der Waals surface area (Å²) in [5.41, 5.74) is -0.0445. The van der Waals surface area contributed by atoms with Crippen LogP contribution in [0.15, 0.2) is 6.07 Å². The molecule has 0 aliphatic carbocycles. The van der Waals surface area contributed by atoms with Crippen molar-refractivity contribution in [3.05, 3.63) is 27.3 Å². The smallest absolute Gasteiger partial charge is 0.466 e. The average molecular weight is 308 g/mol. The third-order valence-electron chi connectivity index (χ3n) is 2.32. The van der Waals surface area contributed by atoms with Crippen LogP contribution in [0.25, 0.3) is 0 Å². The summed E-state index contributed by atoms with van der Waals surface area (Å²) in [6, 6.07) is 0.870. The zero-order valence-corrected chi connectivity index (χ0v) is 11.1. The Balaban J connectivity index is 3.19. The van der Waals surface area contributed by atoms with Gasteiger partial charge in [0.05, 0.1) is 18.6 Å². The molecule has 0 saturated heterocycles. The van der Waals surface area contributed by atoms with E-state index in [1.165, 1.54) is 6.92 Å². The van der Waals surface area contributed by atoms with Gasteiger partial charge in [0.1, 0.15) is 0 Å². The van der Waals surface area contributed by atoms with E-state index < -0.39 is 35.4 Å². The lowest BCUT2D eigenvalue weighted by Gasteiger charge is -2.09. The molecule has 0 fully saturated rings. The Labute approximate surface area is 116 Å². The Hall–Kier alpha value is -2.39. The number of halogens is 3. The molecule has 1 heterocycles. The Morgan fingerprint density at radius 2 is 2.10 bits per heavy atom. The Bertz CT molecular complexity index is 560. The molecule has 0 N–H and O–H groups in total. The lowest BCUT2D eigenvalue weighted by molar-refractivity contribution is -0.390. The summed E-state index contributed by atoms with van der Waals surface area (Å²) >= 11 is 0. The third-order valence-corrected chi connectivity index (χ3v) is 2.32. The summed E-state index contributed by atoms with van der Waals surface area (Å²) in [5.74, 6) is -2.57. The molecule has 0 atom stereocenters. The van der Waals surface area contributed by atoms with Gasteiger partial charge in [-0.1, -0.05) is 0 Å². The highest BCUT2D eigenvalue weighted by molar-refractivity contribution is 5.74. The first kappa shape index (κ1) is 16.7. The average Bonchev–Trinajstić information content (AvgIpc) is 2.30. The SMILES string of the molecule is CCOC(=O)Cc1c(C)cc(OC(F)(F)F)nc1[N+](=O)[O-]. The standard InChI is InChI=1S/C11H11F3N2O5/c1-3-20-9(17)5-7-6(2)4-8(21-11(12,13)14)15-10(7)16(18)19/h4H,3,5H2,1-2H3. The van der Waals surface area contributed by atoms with Gasteiger partial charge in [-0.05, 0) is 24.3 Å². The monoisotopic (exact) mass is 308 g/mol. The number of nitro groups is 1. The van der Waals surface area contributed by atoms with E-state index in [9.17, 15) is 28.1 Å². The molecule has 7 nitrogen and oxygen atoms in total. The molecule has 21 heavy (non-hydrogen) atoms. The predicted molar refractivity (Wildman–Crippen MR) is 62.6 cm³/mol. The zero-order valence-electron chi connectivity index (χ0n) is 11.1. The summed E-state index contributed by atoms with van der Waals surface area (Å²) in [5, 5.41) is 10.9. The number of nitrogens with zero attached hydrogens (tertiary/aromatic N) is 2. The van der Waals surface area contributed by atoms with Crippen LogP contribution < -0.4 is 4.74 Å². The molecule has 1 aromatic heterocycles. The first-order valence-electron chi connectivity index (χ1n) is 5.70. The number of ether oxygens (including phenoxy) is 2. The van der Waals surface area contributed by atoms with Crippen LogP contribution in [0.4, 0.5) is 19.0 Å². The topological polar surface area (TPSA) is 91.6 Å². The zero-order chi connectivity index (χ0) is 16.2. The number of hydrogen-bond donors (Lipinski definition) is 0. The number of aryl methyl sites for hydroxylation is 1. The second-order valence-electron chi connectivity index (χ2n) is 3.87. The number of aromatic nitrogens is 1. The van der Waals surface area contributed by atoms with Crippen molar-refractivity contribution in [1.82, 2.24) is 4.98 Å². The van der Waals surface area contributed by atoms with E-state index in [1.807, 2.05) is 0 Å². The first-order chi connectivity index (χ1) is 9.64. The number of rotatable bonds is 5. The van der Waals surface area contributed by atoms with Gasteiger partial charge in [0.25, 0.3) is 0 Å². The van der Waals surface area contributed by atoms with Crippen LogP contribution in [0.1, 0.15) is 18.1 Å². The van der Waals surface area contributed by atoms with E-state index in [0.717, 1.165) is 6.07 Å².